The predicted octanol–water partition coefficient (Wildman–Crippen LogP) is 1.46. The molecule has 6 nitrogen and oxygen atoms in total. The normalized spacial score (nSPS) is 17.2. The van der Waals surface area contributed by atoms with Crippen LogP contribution >= 0.6 is 0 Å². The predicted molar refractivity (Wildman–Crippen MR) is 81.2 cm³/mol. The maximum atomic E-state index is 12.5. The number of aromatic nitrogens is 4. The number of nitrogens with one attached hydrogen (secondary N) is 1. The van der Waals surface area contributed by atoms with Gasteiger partial charge in [-0.05, 0) is 31.2 Å². The van der Waals surface area contributed by atoms with Crippen molar-refractivity contribution in [2.75, 3.05) is 6.54 Å². The Labute approximate surface area is 129 Å². The monoisotopic (exact) mass is 299 g/mol. The lowest BCUT2D eigenvalue weighted by molar-refractivity contribution is -0.132. The first kappa shape index (κ1) is 13.5. The SMILES string of the molecule is O=C(CCc1n[nH]c2c1CCCC2)N1CCn2cncc2C1. The molecule has 3 heterocycles. The third-order valence-corrected chi connectivity index (χ3v) is 4.83. The summed E-state index contributed by atoms with van der Waals surface area (Å²) in [4.78, 5) is 18.5. The van der Waals surface area contributed by atoms with Crippen LogP contribution in [0.25, 0.3) is 0 Å². The van der Waals surface area contributed by atoms with Crippen molar-refractivity contribution in [2.45, 2.75) is 51.6 Å². The summed E-state index contributed by atoms with van der Waals surface area (Å²) in [6.07, 6.45) is 9.69. The maximum absolute atomic E-state index is 12.5. The fourth-order valence-electron chi connectivity index (χ4n) is 3.54. The first-order valence-corrected chi connectivity index (χ1v) is 8.13. The van der Waals surface area contributed by atoms with Crippen LogP contribution < -0.4 is 0 Å². The highest BCUT2D eigenvalue weighted by Gasteiger charge is 2.22. The van der Waals surface area contributed by atoms with Gasteiger partial charge in [0, 0.05) is 37.8 Å². The number of amides is 1. The Kier molecular flexibility index (Phi) is 3.44. The number of imidazole rings is 1. The number of aryl methyl sites for hydroxylation is 2. The van der Waals surface area contributed by atoms with E-state index < -0.39 is 0 Å². The number of H-pyrrole nitrogens is 1. The molecule has 0 aromatic carbocycles. The van der Waals surface area contributed by atoms with E-state index in [1.807, 2.05) is 17.4 Å². The first-order valence-electron chi connectivity index (χ1n) is 8.13. The molecule has 1 aliphatic carbocycles. The smallest absolute Gasteiger partial charge is 0.223 e. The van der Waals surface area contributed by atoms with E-state index in [0.29, 0.717) is 13.0 Å². The van der Waals surface area contributed by atoms with Crippen LogP contribution in [0.1, 0.15) is 41.9 Å². The van der Waals surface area contributed by atoms with Crippen LogP contribution in [0.4, 0.5) is 0 Å². The summed E-state index contributed by atoms with van der Waals surface area (Å²) in [5.41, 5.74) is 4.88. The molecule has 2 aromatic heterocycles. The molecule has 1 N–H and O–H groups in total. The van der Waals surface area contributed by atoms with Gasteiger partial charge < -0.3 is 9.47 Å². The van der Waals surface area contributed by atoms with Crippen molar-refractivity contribution in [3.8, 4) is 0 Å². The summed E-state index contributed by atoms with van der Waals surface area (Å²) >= 11 is 0. The second kappa shape index (κ2) is 5.59. The van der Waals surface area contributed by atoms with Crippen LogP contribution in [0.3, 0.4) is 0 Å². The zero-order chi connectivity index (χ0) is 14.9. The number of fused-ring (bicyclic) bond motifs is 2. The molecule has 4 rings (SSSR count). The van der Waals surface area contributed by atoms with E-state index in [0.717, 1.165) is 43.7 Å². The van der Waals surface area contributed by atoms with E-state index in [4.69, 9.17) is 0 Å². The van der Waals surface area contributed by atoms with Gasteiger partial charge in [-0.3, -0.25) is 9.89 Å². The molecule has 2 aromatic rings. The van der Waals surface area contributed by atoms with E-state index in [1.54, 1.807) is 0 Å². The standard InChI is InChI=1S/C16H21N5O/c22-16(20-7-8-21-11-17-9-12(21)10-20)6-5-15-13-3-1-2-4-14(13)18-19-15/h9,11H,1-8,10H2,(H,18,19). The molecule has 0 bridgehead atoms. The summed E-state index contributed by atoms with van der Waals surface area (Å²) in [5.74, 6) is 0.222. The van der Waals surface area contributed by atoms with Crippen LogP contribution in [-0.4, -0.2) is 37.1 Å². The van der Waals surface area contributed by atoms with Crippen LogP contribution in [0.5, 0.6) is 0 Å². The summed E-state index contributed by atoms with van der Waals surface area (Å²) in [6, 6.07) is 0. The Morgan fingerprint density at radius 1 is 1.27 bits per heavy atom. The van der Waals surface area contributed by atoms with E-state index in [9.17, 15) is 4.79 Å². The number of hydrogen-bond donors (Lipinski definition) is 1. The lowest BCUT2D eigenvalue weighted by atomic mass is 9.94. The van der Waals surface area contributed by atoms with Gasteiger partial charge in [-0.25, -0.2) is 4.98 Å². The molecule has 1 amide bonds. The Balaban J connectivity index is 1.38. The second-order valence-electron chi connectivity index (χ2n) is 6.23. The lowest BCUT2D eigenvalue weighted by Gasteiger charge is -2.28. The van der Waals surface area contributed by atoms with Gasteiger partial charge in [-0.15, -0.1) is 0 Å². The average molecular weight is 299 g/mol. The van der Waals surface area contributed by atoms with Gasteiger partial charge in [-0.1, -0.05) is 0 Å². The maximum Gasteiger partial charge on any atom is 0.223 e. The van der Waals surface area contributed by atoms with Crippen molar-refractivity contribution < 1.29 is 4.79 Å². The zero-order valence-electron chi connectivity index (χ0n) is 12.7. The number of hydrogen-bond acceptors (Lipinski definition) is 3. The first-order chi connectivity index (χ1) is 10.8. The lowest BCUT2D eigenvalue weighted by Crippen LogP contribution is -2.38. The fourth-order valence-corrected chi connectivity index (χ4v) is 3.54. The summed E-state index contributed by atoms with van der Waals surface area (Å²) in [7, 11) is 0. The third kappa shape index (κ3) is 2.42. The minimum atomic E-state index is 0.222. The molecule has 2 aliphatic rings. The molecular weight excluding hydrogens is 278 g/mol. The Morgan fingerprint density at radius 2 is 2.18 bits per heavy atom. The van der Waals surface area contributed by atoms with Crippen LogP contribution in [0.15, 0.2) is 12.5 Å². The van der Waals surface area contributed by atoms with Crippen molar-refractivity contribution in [1.82, 2.24) is 24.6 Å². The second-order valence-corrected chi connectivity index (χ2v) is 6.23. The molecule has 0 atom stereocenters. The van der Waals surface area contributed by atoms with E-state index in [2.05, 4.69) is 19.7 Å². The van der Waals surface area contributed by atoms with Crippen LogP contribution in [0, 0.1) is 0 Å². The third-order valence-electron chi connectivity index (χ3n) is 4.83. The van der Waals surface area contributed by atoms with Crippen LogP contribution in [0.2, 0.25) is 0 Å². The van der Waals surface area contributed by atoms with E-state index in [-0.39, 0.29) is 5.91 Å². The van der Waals surface area contributed by atoms with Gasteiger partial charge in [0.2, 0.25) is 5.91 Å². The Bertz CT molecular complexity index is 687. The Morgan fingerprint density at radius 3 is 3.14 bits per heavy atom. The number of aromatic amines is 1. The van der Waals surface area contributed by atoms with Gasteiger partial charge in [0.1, 0.15) is 0 Å². The quantitative estimate of drug-likeness (QED) is 0.933. The summed E-state index contributed by atoms with van der Waals surface area (Å²) < 4.78 is 2.12. The van der Waals surface area contributed by atoms with Crippen molar-refractivity contribution >= 4 is 5.91 Å². The van der Waals surface area contributed by atoms with Gasteiger partial charge >= 0.3 is 0 Å². The molecular formula is C16H21N5O. The molecule has 6 heteroatoms. The zero-order valence-corrected chi connectivity index (χ0v) is 12.7. The van der Waals surface area contributed by atoms with Gasteiger partial charge in [0.15, 0.2) is 0 Å². The van der Waals surface area contributed by atoms with Crippen LogP contribution in [-0.2, 0) is 37.1 Å². The van der Waals surface area contributed by atoms with Crippen molar-refractivity contribution in [3.05, 3.63) is 35.2 Å². The van der Waals surface area contributed by atoms with E-state index >= 15 is 0 Å². The van der Waals surface area contributed by atoms with Gasteiger partial charge in [0.25, 0.3) is 0 Å². The number of carbonyl (C=O) groups excluding carboxylic acids is 1. The molecule has 1 aliphatic heterocycles. The molecule has 0 saturated heterocycles. The highest BCUT2D eigenvalue weighted by atomic mass is 16.2. The highest BCUT2D eigenvalue weighted by molar-refractivity contribution is 5.76. The van der Waals surface area contributed by atoms with Crippen molar-refractivity contribution in [1.29, 1.82) is 0 Å². The minimum absolute atomic E-state index is 0.222. The molecule has 0 spiro atoms. The van der Waals surface area contributed by atoms with E-state index in [1.165, 1.54) is 24.1 Å². The summed E-state index contributed by atoms with van der Waals surface area (Å²) in [6.45, 7) is 2.30. The average Bonchev–Trinajstić information content (AvgIpc) is 3.18. The number of nitrogens with zero attached hydrogens (tertiary/aromatic N) is 4. The minimum Gasteiger partial charge on any atom is -0.335 e. The number of carbonyl (C=O) groups is 1. The van der Waals surface area contributed by atoms with Gasteiger partial charge in [-0.2, -0.15) is 5.10 Å². The molecule has 0 unspecified atom stereocenters. The Hall–Kier alpha value is -2.11. The molecule has 116 valence electrons. The van der Waals surface area contributed by atoms with Crippen molar-refractivity contribution in [2.24, 2.45) is 0 Å². The summed E-state index contributed by atoms with van der Waals surface area (Å²) in [5, 5.41) is 7.59. The number of rotatable bonds is 3. The molecule has 22 heavy (non-hydrogen) atoms. The molecule has 0 fully saturated rings. The topological polar surface area (TPSA) is 66.8 Å². The fraction of sp³-hybridized carbons (Fsp3) is 0.562. The highest BCUT2D eigenvalue weighted by Crippen LogP contribution is 2.23. The van der Waals surface area contributed by atoms with Crippen molar-refractivity contribution in [3.63, 3.8) is 0 Å². The molecule has 0 radical (unpaired) electrons. The molecule has 0 saturated carbocycles. The van der Waals surface area contributed by atoms with Gasteiger partial charge in [0.05, 0.1) is 24.3 Å². The largest absolute Gasteiger partial charge is 0.335 e.